The highest BCUT2D eigenvalue weighted by Crippen LogP contribution is 2.32. The van der Waals surface area contributed by atoms with E-state index in [0.29, 0.717) is 11.6 Å². The van der Waals surface area contributed by atoms with E-state index in [1.54, 1.807) is 0 Å². The lowest BCUT2D eigenvalue weighted by Crippen LogP contribution is -2.63. The topological polar surface area (TPSA) is 28.2 Å². The molecule has 0 amide bonds. The summed E-state index contributed by atoms with van der Waals surface area (Å²) in [5.74, 6) is 0. The SMILES string of the molecule is Cc1cnccc1CN1CC2(CCCCC2)NCC1C. The minimum Gasteiger partial charge on any atom is -0.308 e. The number of nitrogens with one attached hydrogen (secondary N) is 1. The van der Waals surface area contributed by atoms with Gasteiger partial charge in [0.15, 0.2) is 0 Å². The van der Waals surface area contributed by atoms with Crippen molar-refractivity contribution in [2.24, 2.45) is 0 Å². The number of nitrogens with zero attached hydrogens (tertiary/aromatic N) is 2. The average molecular weight is 273 g/mol. The number of pyridine rings is 1. The van der Waals surface area contributed by atoms with Crippen LogP contribution < -0.4 is 5.32 Å². The third-order valence-electron chi connectivity index (χ3n) is 5.22. The fourth-order valence-corrected chi connectivity index (χ4v) is 3.77. The Labute approximate surface area is 122 Å². The average Bonchev–Trinajstić information content (AvgIpc) is 2.47. The highest BCUT2D eigenvalue weighted by molar-refractivity contribution is 5.21. The summed E-state index contributed by atoms with van der Waals surface area (Å²) in [5, 5.41) is 3.86. The molecule has 1 saturated heterocycles. The first-order valence-corrected chi connectivity index (χ1v) is 8.07. The Balaban J connectivity index is 1.72. The van der Waals surface area contributed by atoms with Crippen molar-refractivity contribution in [1.29, 1.82) is 0 Å². The molecule has 1 saturated carbocycles. The molecular formula is C17H27N3. The van der Waals surface area contributed by atoms with Gasteiger partial charge in [-0.1, -0.05) is 19.3 Å². The summed E-state index contributed by atoms with van der Waals surface area (Å²) in [6.45, 7) is 7.92. The third-order valence-corrected chi connectivity index (χ3v) is 5.22. The Morgan fingerprint density at radius 2 is 2.15 bits per heavy atom. The molecule has 1 aromatic rings. The van der Waals surface area contributed by atoms with Gasteiger partial charge >= 0.3 is 0 Å². The first-order chi connectivity index (χ1) is 9.69. The van der Waals surface area contributed by atoms with E-state index in [-0.39, 0.29) is 0 Å². The van der Waals surface area contributed by atoms with E-state index in [0.717, 1.165) is 13.1 Å². The van der Waals surface area contributed by atoms with Crippen molar-refractivity contribution in [3.05, 3.63) is 29.6 Å². The second kappa shape index (κ2) is 5.82. The van der Waals surface area contributed by atoms with E-state index in [2.05, 4.69) is 35.1 Å². The first kappa shape index (κ1) is 14.0. The molecule has 3 heteroatoms. The van der Waals surface area contributed by atoms with Crippen molar-refractivity contribution in [2.75, 3.05) is 13.1 Å². The van der Waals surface area contributed by atoms with Crippen LogP contribution in [0.25, 0.3) is 0 Å². The Hall–Kier alpha value is -0.930. The zero-order valence-corrected chi connectivity index (χ0v) is 12.9. The molecule has 1 atom stereocenters. The molecule has 1 aliphatic heterocycles. The van der Waals surface area contributed by atoms with Crippen LogP contribution in [0, 0.1) is 6.92 Å². The van der Waals surface area contributed by atoms with Crippen molar-refractivity contribution in [1.82, 2.24) is 15.2 Å². The van der Waals surface area contributed by atoms with Crippen LogP contribution in [-0.2, 0) is 6.54 Å². The molecule has 1 N–H and O–H groups in total. The third kappa shape index (κ3) is 2.89. The van der Waals surface area contributed by atoms with Crippen LogP contribution in [-0.4, -0.2) is 34.6 Å². The molecule has 1 aliphatic carbocycles. The highest BCUT2D eigenvalue weighted by Gasteiger charge is 2.38. The van der Waals surface area contributed by atoms with Crippen LogP contribution in [0.4, 0.5) is 0 Å². The maximum absolute atomic E-state index is 4.21. The summed E-state index contributed by atoms with van der Waals surface area (Å²) in [4.78, 5) is 6.88. The monoisotopic (exact) mass is 273 g/mol. The van der Waals surface area contributed by atoms with Crippen LogP contribution >= 0.6 is 0 Å². The van der Waals surface area contributed by atoms with E-state index in [9.17, 15) is 0 Å². The molecule has 0 bridgehead atoms. The Bertz CT molecular complexity index is 451. The molecule has 2 aliphatic rings. The lowest BCUT2D eigenvalue weighted by molar-refractivity contribution is 0.0571. The van der Waals surface area contributed by atoms with E-state index in [1.165, 1.54) is 49.8 Å². The van der Waals surface area contributed by atoms with Crippen molar-refractivity contribution in [2.45, 2.75) is 64.1 Å². The Morgan fingerprint density at radius 1 is 1.35 bits per heavy atom. The maximum Gasteiger partial charge on any atom is 0.0309 e. The maximum atomic E-state index is 4.21. The highest BCUT2D eigenvalue weighted by atomic mass is 15.2. The summed E-state index contributed by atoms with van der Waals surface area (Å²) in [5.41, 5.74) is 3.14. The lowest BCUT2D eigenvalue weighted by Gasteiger charge is -2.49. The zero-order chi connectivity index (χ0) is 14.0. The number of piperazine rings is 1. The minimum absolute atomic E-state index is 0.395. The van der Waals surface area contributed by atoms with E-state index in [4.69, 9.17) is 0 Å². The quantitative estimate of drug-likeness (QED) is 0.898. The molecular weight excluding hydrogens is 246 g/mol. The molecule has 2 heterocycles. The number of aromatic nitrogens is 1. The van der Waals surface area contributed by atoms with E-state index >= 15 is 0 Å². The van der Waals surface area contributed by atoms with Gasteiger partial charge < -0.3 is 5.32 Å². The molecule has 0 radical (unpaired) electrons. The largest absolute Gasteiger partial charge is 0.308 e. The van der Waals surface area contributed by atoms with Crippen LogP contribution in [0.1, 0.15) is 50.2 Å². The molecule has 1 aromatic heterocycles. The normalized spacial score (nSPS) is 26.8. The first-order valence-electron chi connectivity index (χ1n) is 8.07. The van der Waals surface area contributed by atoms with Gasteiger partial charge in [0.2, 0.25) is 0 Å². The van der Waals surface area contributed by atoms with Gasteiger partial charge in [-0.15, -0.1) is 0 Å². The van der Waals surface area contributed by atoms with Gasteiger partial charge in [-0.2, -0.15) is 0 Å². The van der Waals surface area contributed by atoms with E-state index in [1.807, 2.05) is 12.4 Å². The summed E-state index contributed by atoms with van der Waals surface area (Å²) in [6.07, 6.45) is 10.8. The van der Waals surface area contributed by atoms with E-state index < -0.39 is 0 Å². The van der Waals surface area contributed by atoms with Crippen LogP contribution in [0.5, 0.6) is 0 Å². The van der Waals surface area contributed by atoms with Gasteiger partial charge in [0.05, 0.1) is 0 Å². The fourth-order valence-electron chi connectivity index (χ4n) is 3.77. The Morgan fingerprint density at radius 3 is 2.90 bits per heavy atom. The predicted octanol–water partition coefficient (Wildman–Crippen LogP) is 2.89. The summed E-state index contributed by atoms with van der Waals surface area (Å²) < 4.78 is 0. The lowest BCUT2D eigenvalue weighted by atomic mass is 9.79. The molecule has 0 aromatic carbocycles. The van der Waals surface area contributed by atoms with Gasteiger partial charge in [-0.3, -0.25) is 9.88 Å². The van der Waals surface area contributed by atoms with Crippen molar-refractivity contribution < 1.29 is 0 Å². The van der Waals surface area contributed by atoms with Gasteiger partial charge in [-0.05, 0) is 43.9 Å². The predicted molar refractivity (Wildman–Crippen MR) is 82.7 cm³/mol. The van der Waals surface area contributed by atoms with Gasteiger partial charge in [0.25, 0.3) is 0 Å². The number of aryl methyl sites for hydroxylation is 1. The molecule has 20 heavy (non-hydrogen) atoms. The fraction of sp³-hybridized carbons (Fsp3) is 0.706. The van der Waals surface area contributed by atoms with Crippen molar-refractivity contribution in [3.63, 3.8) is 0 Å². The Kier molecular flexibility index (Phi) is 4.08. The second-order valence-corrected chi connectivity index (χ2v) is 6.78. The number of hydrogen-bond acceptors (Lipinski definition) is 3. The van der Waals surface area contributed by atoms with Crippen molar-refractivity contribution >= 4 is 0 Å². The summed E-state index contributed by atoms with van der Waals surface area (Å²) in [7, 11) is 0. The molecule has 1 spiro atoms. The smallest absolute Gasteiger partial charge is 0.0309 e. The zero-order valence-electron chi connectivity index (χ0n) is 12.9. The molecule has 1 unspecified atom stereocenters. The minimum atomic E-state index is 0.395. The number of hydrogen-bond donors (Lipinski definition) is 1. The van der Waals surface area contributed by atoms with Crippen LogP contribution in [0.3, 0.4) is 0 Å². The van der Waals surface area contributed by atoms with Crippen LogP contribution in [0.15, 0.2) is 18.5 Å². The second-order valence-electron chi connectivity index (χ2n) is 6.78. The van der Waals surface area contributed by atoms with Gasteiger partial charge in [0.1, 0.15) is 0 Å². The summed E-state index contributed by atoms with van der Waals surface area (Å²) in [6, 6.07) is 2.80. The summed E-state index contributed by atoms with van der Waals surface area (Å²) >= 11 is 0. The van der Waals surface area contributed by atoms with Crippen molar-refractivity contribution in [3.8, 4) is 0 Å². The molecule has 2 fully saturated rings. The standard InChI is InChI=1S/C17H27N3/c1-14-10-18-9-6-16(14)12-20-13-17(19-11-15(20)2)7-4-3-5-8-17/h6,9-10,15,19H,3-5,7-8,11-13H2,1-2H3. The molecule has 110 valence electrons. The molecule has 3 nitrogen and oxygen atoms in total. The molecule has 3 rings (SSSR count). The van der Waals surface area contributed by atoms with Gasteiger partial charge in [0, 0.05) is 43.6 Å². The number of rotatable bonds is 2. The van der Waals surface area contributed by atoms with Gasteiger partial charge in [-0.25, -0.2) is 0 Å². The van der Waals surface area contributed by atoms with Crippen LogP contribution in [0.2, 0.25) is 0 Å².